The molecule has 0 aliphatic rings. The van der Waals surface area contributed by atoms with Crippen LogP contribution in [0.4, 0.5) is 0 Å². The predicted octanol–water partition coefficient (Wildman–Crippen LogP) is 4.03. The van der Waals surface area contributed by atoms with Crippen molar-refractivity contribution in [3.8, 4) is 0 Å². The molecule has 20 heavy (non-hydrogen) atoms. The van der Waals surface area contributed by atoms with E-state index in [0.717, 1.165) is 22.0 Å². The summed E-state index contributed by atoms with van der Waals surface area (Å²) in [5, 5.41) is 0.775. The summed E-state index contributed by atoms with van der Waals surface area (Å²) >= 11 is 3.43. The topological polar surface area (TPSA) is 20.3 Å². The summed E-state index contributed by atoms with van der Waals surface area (Å²) in [6.45, 7) is 3.31. The van der Waals surface area contributed by atoms with Crippen LogP contribution in [0.3, 0.4) is 0 Å². The second kappa shape index (κ2) is 7.25. The van der Waals surface area contributed by atoms with Crippen molar-refractivity contribution < 1.29 is 4.79 Å². The lowest BCUT2D eigenvalue weighted by molar-refractivity contribution is 0.0754. The highest BCUT2D eigenvalue weighted by molar-refractivity contribution is 9.09. The molecule has 0 aliphatic heterocycles. The minimum atomic E-state index is 0.0893. The van der Waals surface area contributed by atoms with E-state index in [1.165, 1.54) is 0 Å². The molecule has 3 heteroatoms. The zero-order chi connectivity index (χ0) is 14.4. The molecule has 2 aromatic carbocycles. The zero-order valence-corrected chi connectivity index (χ0v) is 13.1. The number of hydrogen-bond acceptors (Lipinski definition) is 1. The Hall–Kier alpha value is -1.61. The van der Waals surface area contributed by atoms with Crippen LogP contribution in [-0.4, -0.2) is 22.7 Å². The number of carbonyl (C=O) groups excluding carboxylic acids is 1. The maximum absolute atomic E-state index is 12.7. The average molecular weight is 332 g/mol. The molecule has 2 aromatic rings. The van der Waals surface area contributed by atoms with Crippen molar-refractivity contribution in [3.05, 3.63) is 71.3 Å². The number of rotatable bonds is 5. The average Bonchev–Trinajstić information content (AvgIpc) is 2.48. The number of carbonyl (C=O) groups is 1. The lowest BCUT2D eigenvalue weighted by Gasteiger charge is -2.23. The molecule has 2 nitrogen and oxygen atoms in total. The van der Waals surface area contributed by atoms with Crippen LogP contribution in [0, 0.1) is 6.92 Å². The fraction of sp³-hybridized carbons (Fsp3) is 0.235. The number of halogens is 1. The summed E-state index contributed by atoms with van der Waals surface area (Å²) < 4.78 is 0. The number of nitrogens with zero attached hydrogens (tertiary/aromatic N) is 1. The van der Waals surface area contributed by atoms with Crippen LogP contribution in [0.1, 0.15) is 21.5 Å². The highest BCUT2D eigenvalue weighted by Crippen LogP contribution is 2.13. The third-order valence-electron chi connectivity index (χ3n) is 3.23. The smallest absolute Gasteiger partial charge is 0.254 e. The number of alkyl halides is 1. The Balaban J connectivity index is 2.20. The maximum Gasteiger partial charge on any atom is 0.254 e. The van der Waals surface area contributed by atoms with Gasteiger partial charge in [0.15, 0.2) is 0 Å². The molecular formula is C17H18BrNO. The van der Waals surface area contributed by atoms with E-state index >= 15 is 0 Å². The van der Waals surface area contributed by atoms with Crippen molar-refractivity contribution >= 4 is 21.8 Å². The Bertz CT molecular complexity index is 568. The third-order valence-corrected chi connectivity index (χ3v) is 3.59. The molecule has 1 amide bonds. The van der Waals surface area contributed by atoms with Crippen LogP contribution >= 0.6 is 15.9 Å². The maximum atomic E-state index is 12.7. The van der Waals surface area contributed by atoms with Crippen molar-refractivity contribution in [3.63, 3.8) is 0 Å². The van der Waals surface area contributed by atoms with Crippen LogP contribution in [0.5, 0.6) is 0 Å². The second-order valence-electron chi connectivity index (χ2n) is 4.72. The largest absolute Gasteiger partial charge is 0.333 e. The quantitative estimate of drug-likeness (QED) is 0.757. The molecular weight excluding hydrogens is 314 g/mol. The molecule has 0 spiro atoms. The molecule has 0 aromatic heterocycles. The first kappa shape index (κ1) is 14.8. The summed E-state index contributed by atoms with van der Waals surface area (Å²) in [5.74, 6) is 0.0893. The Morgan fingerprint density at radius 2 is 1.70 bits per heavy atom. The summed E-state index contributed by atoms with van der Waals surface area (Å²) in [6, 6.07) is 17.8. The van der Waals surface area contributed by atoms with E-state index < -0.39 is 0 Å². The highest BCUT2D eigenvalue weighted by atomic mass is 79.9. The summed E-state index contributed by atoms with van der Waals surface area (Å²) in [7, 11) is 0. The first-order valence-corrected chi connectivity index (χ1v) is 7.79. The van der Waals surface area contributed by atoms with Gasteiger partial charge in [-0.3, -0.25) is 4.79 Å². The van der Waals surface area contributed by atoms with E-state index in [-0.39, 0.29) is 5.91 Å². The second-order valence-corrected chi connectivity index (χ2v) is 5.51. The molecule has 0 unspecified atom stereocenters. The number of hydrogen-bond donors (Lipinski definition) is 0. The summed E-state index contributed by atoms with van der Waals surface area (Å²) in [5.41, 5.74) is 2.95. The van der Waals surface area contributed by atoms with E-state index in [2.05, 4.69) is 15.9 Å². The van der Waals surface area contributed by atoms with Gasteiger partial charge in [0.2, 0.25) is 0 Å². The van der Waals surface area contributed by atoms with Crippen molar-refractivity contribution in [2.75, 3.05) is 11.9 Å². The standard InChI is InChI=1S/C17H18BrNO/c1-14-7-5-6-10-16(14)17(20)19(12-11-18)13-15-8-3-2-4-9-15/h2-10H,11-13H2,1H3. The molecule has 0 atom stereocenters. The van der Waals surface area contributed by atoms with E-state index in [1.807, 2.05) is 66.4 Å². The van der Waals surface area contributed by atoms with E-state index in [1.54, 1.807) is 0 Å². The Morgan fingerprint density at radius 3 is 2.35 bits per heavy atom. The molecule has 0 heterocycles. The van der Waals surface area contributed by atoms with Crippen molar-refractivity contribution in [2.24, 2.45) is 0 Å². The van der Waals surface area contributed by atoms with E-state index in [4.69, 9.17) is 0 Å². The molecule has 0 bridgehead atoms. The third kappa shape index (κ3) is 3.70. The summed E-state index contributed by atoms with van der Waals surface area (Å²) in [4.78, 5) is 14.5. The normalized spacial score (nSPS) is 10.3. The fourth-order valence-electron chi connectivity index (χ4n) is 2.14. The molecule has 0 saturated carbocycles. The number of aryl methyl sites for hydroxylation is 1. The minimum Gasteiger partial charge on any atom is -0.333 e. The van der Waals surface area contributed by atoms with Gasteiger partial charge in [0.1, 0.15) is 0 Å². The molecule has 0 aliphatic carbocycles. The lowest BCUT2D eigenvalue weighted by atomic mass is 10.1. The number of benzene rings is 2. The first-order valence-electron chi connectivity index (χ1n) is 6.67. The van der Waals surface area contributed by atoms with Gasteiger partial charge in [-0.2, -0.15) is 0 Å². The van der Waals surface area contributed by atoms with E-state index in [0.29, 0.717) is 13.1 Å². The van der Waals surface area contributed by atoms with Gasteiger partial charge in [-0.15, -0.1) is 0 Å². The molecule has 0 N–H and O–H groups in total. The Morgan fingerprint density at radius 1 is 1.05 bits per heavy atom. The van der Waals surface area contributed by atoms with E-state index in [9.17, 15) is 4.79 Å². The Labute approximate surface area is 128 Å². The SMILES string of the molecule is Cc1ccccc1C(=O)N(CCBr)Cc1ccccc1. The molecule has 0 fully saturated rings. The van der Waals surface area contributed by atoms with Gasteiger partial charge in [0, 0.05) is 24.0 Å². The van der Waals surface area contributed by atoms with Gasteiger partial charge in [-0.25, -0.2) is 0 Å². The van der Waals surface area contributed by atoms with Crippen LogP contribution in [0.2, 0.25) is 0 Å². The number of amides is 1. The zero-order valence-electron chi connectivity index (χ0n) is 11.6. The van der Waals surface area contributed by atoms with Gasteiger partial charge in [-0.1, -0.05) is 64.5 Å². The highest BCUT2D eigenvalue weighted by Gasteiger charge is 2.16. The van der Waals surface area contributed by atoms with Crippen molar-refractivity contribution in [1.82, 2.24) is 4.90 Å². The van der Waals surface area contributed by atoms with Crippen molar-refractivity contribution in [1.29, 1.82) is 0 Å². The fourth-order valence-corrected chi connectivity index (χ4v) is 2.57. The van der Waals surface area contributed by atoms with Gasteiger partial charge in [0.25, 0.3) is 5.91 Å². The predicted molar refractivity (Wildman–Crippen MR) is 86.2 cm³/mol. The van der Waals surface area contributed by atoms with Crippen LogP contribution < -0.4 is 0 Å². The van der Waals surface area contributed by atoms with Crippen molar-refractivity contribution in [2.45, 2.75) is 13.5 Å². The lowest BCUT2D eigenvalue weighted by Crippen LogP contribution is -2.32. The molecule has 2 rings (SSSR count). The van der Waals surface area contributed by atoms with Gasteiger partial charge < -0.3 is 4.90 Å². The molecule has 0 radical (unpaired) electrons. The molecule has 104 valence electrons. The van der Waals surface area contributed by atoms with Crippen LogP contribution in [0.15, 0.2) is 54.6 Å². The monoisotopic (exact) mass is 331 g/mol. The van der Waals surface area contributed by atoms with Crippen LogP contribution in [-0.2, 0) is 6.54 Å². The molecule has 0 saturated heterocycles. The van der Waals surface area contributed by atoms with Gasteiger partial charge in [0.05, 0.1) is 0 Å². The van der Waals surface area contributed by atoms with Gasteiger partial charge >= 0.3 is 0 Å². The minimum absolute atomic E-state index is 0.0893. The Kier molecular flexibility index (Phi) is 5.36. The van der Waals surface area contributed by atoms with Gasteiger partial charge in [-0.05, 0) is 24.1 Å². The summed E-state index contributed by atoms with van der Waals surface area (Å²) in [6.07, 6.45) is 0. The first-order chi connectivity index (χ1) is 9.72. The van der Waals surface area contributed by atoms with Crippen LogP contribution in [0.25, 0.3) is 0 Å².